The maximum Gasteiger partial charge on any atom is 0.265 e. The molecule has 0 saturated heterocycles. The van der Waals surface area contributed by atoms with Crippen LogP contribution in [0.25, 0.3) is 6.08 Å². The fourth-order valence-electron chi connectivity index (χ4n) is 3.62. The van der Waals surface area contributed by atoms with Crippen LogP contribution in [0.2, 0.25) is 0 Å². The normalized spacial score (nSPS) is 15.5. The lowest BCUT2D eigenvalue weighted by molar-refractivity contribution is -0.122. The van der Waals surface area contributed by atoms with E-state index in [1.165, 1.54) is 16.7 Å². The minimum atomic E-state index is -0.246. The first kappa shape index (κ1) is 21.6. The number of benzene rings is 3. The molecule has 2 heterocycles. The molecule has 166 valence electrons. The summed E-state index contributed by atoms with van der Waals surface area (Å²) in [6.45, 7) is 0.459. The van der Waals surface area contributed by atoms with E-state index in [-0.39, 0.29) is 25.2 Å². The standard InChI is InChI=1S/C25H19BrN2O4S/c26-18-5-3-4-16(10-18)12-23-25(30)28(19-6-1-2-7-22(19)33-23)14-24(29)27-13-17-8-9-20-21(11-17)32-15-31-20/h1-12H,13-15H2,(H,27,29)/b23-12+. The Hall–Kier alpha value is -3.23. The van der Waals surface area contributed by atoms with Crippen LogP contribution in [0.5, 0.6) is 11.5 Å². The number of fused-ring (bicyclic) bond motifs is 2. The average Bonchev–Trinajstić information content (AvgIpc) is 3.28. The summed E-state index contributed by atoms with van der Waals surface area (Å²) in [4.78, 5) is 29.1. The number of carbonyl (C=O) groups is 2. The number of nitrogens with zero attached hydrogens (tertiary/aromatic N) is 1. The first-order valence-corrected chi connectivity index (χ1v) is 11.9. The van der Waals surface area contributed by atoms with Crippen molar-refractivity contribution in [2.45, 2.75) is 11.4 Å². The largest absolute Gasteiger partial charge is 0.454 e. The van der Waals surface area contributed by atoms with Crippen LogP contribution in [0.1, 0.15) is 11.1 Å². The molecule has 0 aromatic heterocycles. The zero-order chi connectivity index (χ0) is 22.8. The summed E-state index contributed by atoms with van der Waals surface area (Å²) in [7, 11) is 0. The Balaban J connectivity index is 1.33. The lowest BCUT2D eigenvalue weighted by Crippen LogP contribution is -2.42. The van der Waals surface area contributed by atoms with Gasteiger partial charge in [-0.15, -0.1) is 0 Å². The van der Waals surface area contributed by atoms with Crippen LogP contribution in [0.3, 0.4) is 0 Å². The van der Waals surface area contributed by atoms with Crippen LogP contribution in [-0.2, 0) is 16.1 Å². The van der Waals surface area contributed by atoms with Crippen molar-refractivity contribution >= 4 is 51.3 Å². The fourth-order valence-corrected chi connectivity index (χ4v) is 5.09. The summed E-state index contributed by atoms with van der Waals surface area (Å²) in [6, 6.07) is 20.9. The second kappa shape index (κ2) is 9.33. The molecule has 1 N–H and O–H groups in total. The number of hydrogen-bond donors (Lipinski definition) is 1. The number of amides is 2. The molecule has 3 aromatic carbocycles. The molecule has 0 fully saturated rings. The number of thioether (sulfide) groups is 1. The number of ether oxygens (including phenoxy) is 2. The molecule has 0 radical (unpaired) electrons. The van der Waals surface area contributed by atoms with E-state index in [1.807, 2.05) is 72.8 Å². The second-order valence-corrected chi connectivity index (χ2v) is 9.49. The number of carbonyl (C=O) groups excluding carboxylic acids is 2. The van der Waals surface area contributed by atoms with Crippen molar-refractivity contribution in [1.29, 1.82) is 0 Å². The van der Waals surface area contributed by atoms with E-state index in [0.717, 1.165) is 26.2 Å². The van der Waals surface area contributed by atoms with Gasteiger partial charge >= 0.3 is 0 Å². The topological polar surface area (TPSA) is 67.9 Å². The number of hydrogen-bond acceptors (Lipinski definition) is 5. The highest BCUT2D eigenvalue weighted by Crippen LogP contribution is 2.42. The number of nitrogens with one attached hydrogen (secondary N) is 1. The molecule has 2 aliphatic rings. The van der Waals surface area contributed by atoms with Gasteiger partial charge in [0.15, 0.2) is 11.5 Å². The smallest absolute Gasteiger partial charge is 0.265 e. The molecule has 0 unspecified atom stereocenters. The van der Waals surface area contributed by atoms with Gasteiger partial charge in [-0.05, 0) is 53.6 Å². The SMILES string of the molecule is O=C(CN1C(=O)/C(=C\c2cccc(Br)c2)Sc2ccccc21)NCc1ccc2c(c1)OCO2. The van der Waals surface area contributed by atoms with Crippen LogP contribution in [-0.4, -0.2) is 25.2 Å². The van der Waals surface area contributed by atoms with Crippen molar-refractivity contribution in [3.63, 3.8) is 0 Å². The van der Waals surface area contributed by atoms with E-state index >= 15 is 0 Å². The van der Waals surface area contributed by atoms with Crippen LogP contribution in [0.15, 0.2) is 81.0 Å². The van der Waals surface area contributed by atoms with E-state index < -0.39 is 0 Å². The summed E-state index contributed by atoms with van der Waals surface area (Å²) in [5.41, 5.74) is 2.53. The third-order valence-electron chi connectivity index (χ3n) is 5.21. The molecule has 0 saturated carbocycles. The van der Waals surface area contributed by atoms with Gasteiger partial charge in [0, 0.05) is 15.9 Å². The van der Waals surface area contributed by atoms with Gasteiger partial charge in [0.25, 0.3) is 5.91 Å². The third-order valence-corrected chi connectivity index (χ3v) is 6.78. The van der Waals surface area contributed by atoms with Crippen molar-refractivity contribution in [3.05, 3.63) is 87.2 Å². The van der Waals surface area contributed by atoms with E-state index in [1.54, 1.807) is 0 Å². The van der Waals surface area contributed by atoms with Crippen LogP contribution < -0.4 is 19.7 Å². The van der Waals surface area contributed by atoms with Gasteiger partial charge in [0.2, 0.25) is 12.7 Å². The molecule has 33 heavy (non-hydrogen) atoms. The number of halogens is 1. The first-order chi connectivity index (χ1) is 16.1. The molecule has 3 aromatic rings. The summed E-state index contributed by atoms with van der Waals surface area (Å²) >= 11 is 4.88. The van der Waals surface area contributed by atoms with E-state index in [9.17, 15) is 9.59 Å². The monoisotopic (exact) mass is 522 g/mol. The van der Waals surface area contributed by atoms with Crippen LogP contribution >= 0.6 is 27.7 Å². The lowest BCUT2D eigenvalue weighted by Gasteiger charge is -2.29. The highest BCUT2D eigenvalue weighted by atomic mass is 79.9. The molecule has 6 nitrogen and oxygen atoms in total. The Morgan fingerprint density at radius 3 is 2.79 bits per heavy atom. The third kappa shape index (κ3) is 4.77. The summed E-state index contributed by atoms with van der Waals surface area (Å²) in [6.07, 6.45) is 1.85. The van der Waals surface area contributed by atoms with Crippen molar-refractivity contribution in [2.24, 2.45) is 0 Å². The van der Waals surface area contributed by atoms with Crippen LogP contribution in [0.4, 0.5) is 5.69 Å². The van der Waals surface area contributed by atoms with Crippen LogP contribution in [0, 0.1) is 0 Å². The Kier molecular flexibility index (Phi) is 6.11. The Labute approximate surface area is 203 Å². The first-order valence-electron chi connectivity index (χ1n) is 10.3. The Morgan fingerprint density at radius 2 is 1.91 bits per heavy atom. The van der Waals surface area contributed by atoms with E-state index in [4.69, 9.17) is 9.47 Å². The zero-order valence-corrected chi connectivity index (χ0v) is 19.8. The number of para-hydroxylation sites is 1. The molecule has 2 aliphatic heterocycles. The fraction of sp³-hybridized carbons (Fsp3) is 0.120. The number of anilines is 1. The van der Waals surface area contributed by atoms with Crippen molar-refractivity contribution < 1.29 is 19.1 Å². The molecule has 0 bridgehead atoms. The van der Waals surface area contributed by atoms with Gasteiger partial charge < -0.3 is 14.8 Å². The number of rotatable bonds is 5. The summed E-state index contributed by atoms with van der Waals surface area (Å²) in [5, 5.41) is 2.90. The zero-order valence-electron chi connectivity index (χ0n) is 17.4. The second-order valence-electron chi connectivity index (χ2n) is 7.49. The molecular weight excluding hydrogens is 504 g/mol. The van der Waals surface area contributed by atoms with E-state index in [0.29, 0.717) is 22.9 Å². The lowest BCUT2D eigenvalue weighted by atomic mass is 10.2. The van der Waals surface area contributed by atoms with Gasteiger partial charge in [-0.25, -0.2) is 0 Å². The Morgan fingerprint density at radius 1 is 1.06 bits per heavy atom. The molecule has 0 aliphatic carbocycles. The predicted octanol–water partition coefficient (Wildman–Crippen LogP) is 4.97. The Bertz CT molecular complexity index is 1280. The average molecular weight is 523 g/mol. The summed E-state index contributed by atoms with van der Waals surface area (Å²) < 4.78 is 11.6. The predicted molar refractivity (Wildman–Crippen MR) is 131 cm³/mol. The van der Waals surface area contributed by atoms with Gasteiger partial charge in [-0.2, -0.15) is 0 Å². The maximum absolute atomic E-state index is 13.3. The van der Waals surface area contributed by atoms with Gasteiger partial charge in [0.05, 0.1) is 10.6 Å². The minimum absolute atomic E-state index is 0.0726. The molecular formula is C25H19BrN2O4S. The molecule has 0 atom stereocenters. The van der Waals surface area contributed by atoms with Gasteiger partial charge in [-0.1, -0.05) is 58.0 Å². The van der Waals surface area contributed by atoms with Crippen molar-refractivity contribution in [1.82, 2.24) is 5.32 Å². The van der Waals surface area contributed by atoms with Crippen molar-refractivity contribution in [3.8, 4) is 11.5 Å². The highest BCUT2D eigenvalue weighted by Gasteiger charge is 2.30. The summed E-state index contributed by atoms with van der Waals surface area (Å²) in [5.74, 6) is 0.922. The highest BCUT2D eigenvalue weighted by molar-refractivity contribution is 9.10. The molecule has 5 rings (SSSR count). The van der Waals surface area contributed by atoms with Gasteiger partial charge in [-0.3, -0.25) is 14.5 Å². The quantitative estimate of drug-likeness (QED) is 0.479. The maximum atomic E-state index is 13.3. The molecule has 2 amide bonds. The minimum Gasteiger partial charge on any atom is -0.454 e. The van der Waals surface area contributed by atoms with Gasteiger partial charge in [0.1, 0.15) is 6.54 Å². The van der Waals surface area contributed by atoms with E-state index in [2.05, 4.69) is 21.2 Å². The molecule has 8 heteroatoms. The van der Waals surface area contributed by atoms with Crippen molar-refractivity contribution in [2.75, 3.05) is 18.2 Å². The molecule has 0 spiro atoms.